The number of nitrogens with one attached hydrogen (secondary N) is 1. The molecular weight excluding hydrogens is 304 g/mol. The third-order valence-electron chi connectivity index (χ3n) is 4.18. The highest BCUT2D eigenvalue weighted by atomic mass is 32.2. The fourth-order valence-corrected chi connectivity index (χ4v) is 5.94. The fourth-order valence-electron chi connectivity index (χ4n) is 2.78. The van der Waals surface area contributed by atoms with E-state index in [2.05, 4.69) is 12.2 Å². The van der Waals surface area contributed by atoms with Crippen LogP contribution in [0.2, 0.25) is 0 Å². The molecule has 1 aromatic rings. The van der Waals surface area contributed by atoms with Crippen molar-refractivity contribution < 1.29 is 8.42 Å². The van der Waals surface area contributed by atoms with E-state index in [1.54, 1.807) is 11.4 Å². The van der Waals surface area contributed by atoms with Crippen LogP contribution in [0.1, 0.15) is 49.5 Å². The Labute approximate surface area is 132 Å². The summed E-state index contributed by atoms with van der Waals surface area (Å²) in [6.07, 6.45) is 5.34. The zero-order valence-electron chi connectivity index (χ0n) is 13.2. The summed E-state index contributed by atoms with van der Waals surface area (Å²) in [5.74, 6) is 0. The maximum Gasteiger partial charge on any atom is 0.252 e. The highest BCUT2D eigenvalue weighted by Crippen LogP contribution is 2.32. The molecule has 0 bridgehead atoms. The first kappa shape index (κ1) is 16.9. The number of sulfonamides is 1. The Morgan fingerprint density at radius 1 is 1.38 bits per heavy atom. The first-order valence-corrected chi connectivity index (χ1v) is 10.0. The van der Waals surface area contributed by atoms with Crippen molar-refractivity contribution in [2.24, 2.45) is 0 Å². The summed E-state index contributed by atoms with van der Waals surface area (Å²) in [5, 5.41) is 3.34. The molecule has 6 heteroatoms. The van der Waals surface area contributed by atoms with Crippen molar-refractivity contribution in [1.29, 1.82) is 0 Å². The van der Waals surface area contributed by atoms with Gasteiger partial charge in [-0.3, -0.25) is 0 Å². The van der Waals surface area contributed by atoms with Gasteiger partial charge in [-0.2, -0.15) is 4.31 Å². The lowest BCUT2D eigenvalue weighted by Gasteiger charge is -2.22. The fraction of sp³-hybridized carbons (Fsp3) is 0.733. The van der Waals surface area contributed by atoms with Gasteiger partial charge in [0.2, 0.25) is 0 Å². The molecule has 0 aliphatic heterocycles. The van der Waals surface area contributed by atoms with Gasteiger partial charge in [-0.05, 0) is 44.4 Å². The van der Waals surface area contributed by atoms with Crippen molar-refractivity contribution in [3.8, 4) is 0 Å². The van der Waals surface area contributed by atoms with Crippen LogP contribution in [0.4, 0.5) is 0 Å². The maximum atomic E-state index is 12.7. The number of thiophene rings is 1. The molecule has 1 saturated carbocycles. The Morgan fingerprint density at radius 2 is 2.05 bits per heavy atom. The van der Waals surface area contributed by atoms with Gasteiger partial charge >= 0.3 is 0 Å². The first-order valence-electron chi connectivity index (χ1n) is 7.75. The van der Waals surface area contributed by atoms with Crippen molar-refractivity contribution in [3.05, 3.63) is 16.5 Å². The van der Waals surface area contributed by atoms with Crippen LogP contribution in [-0.4, -0.2) is 32.4 Å². The van der Waals surface area contributed by atoms with Gasteiger partial charge in [0.25, 0.3) is 10.0 Å². The first-order chi connectivity index (χ1) is 9.96. The van der Waals surface area contributed by atoms with Crippen molar-refractivity contribution in [1.82, 2.24) is 9.62 Å². The number of aryl methyl sites for hydroxylation is 1. The molecule has 0 spiro atoms. The van der Waals surface area contributed by atoms with Crippen LogP contribution in [-0.2, 0) is 16.6 Å². The lowest BCUT2D eigenvalue weighted by molar-refractivity contribution is 0.374. The van der Waals surface area contributed by atoms with Crippen molar-refractivity contribution >= 4 is 21.4 Å². The monoisotopic (exact) mass is 330 g/mol. The van der Waals surface area contributed by atoms with E-state index < -0.39 is 10.0 Å². The second-order valence-corrected chi connectivity index (χ2v) is 9.17. The Balaban J connectivity index is 2.14. The number of rotatable bonds is 7. The summed E-state index contributed by atoms with van der Waals surface area (Å²) in [4.78, 5) is 1.13. The van der Waals surface area contributed by atoms with Gasteiger partial charge in [0.15, 0.2) is 0 Å². The second-order valence-electron chi connectivity index (χ2n) is 5.81. The van der Waals surface area contributed by atoms with E-state index in [1.165, 1.54) is 11.3 Å². The molecule has 1 fully saturated rings. The standard InChI is InChI=1S/C15H26N2O2S2/c1-4-9-16-11-14-12(2)10-15(20-14)21(18,19)17(3)13-7-5-6-8-13/h10,13,16H,4-9,11H2,1-3H3. The maximum absolute atomic E-state index is 12.7. The molecule has 1 aliphatic rings. The normalized spacial score (nSPS) is 17.0. The van der Waals surface area contributed by atoms with Crippen LogP contribution in [0, 0.1) is 6.92 Å². The van der Waals surface area contributed by atoms with Crippen LogP contribution in [0.3, 0.4) is 0 Å². The zero-order chi connectivity index (χ0) is 15.5. The van der Waals surface area contributed by atoms with Crippen LogP contribution in [0.5, 0.6) is 0 Å². The van der Waals surface area contributed by atoms with Gasteiger partial charge < -0.3 is 5.32 Å². The Morgan fingerprint density at radius 3 is 2.67 bits per heavy atom. The molecule has 2 rings (SSSR count). The van der Waals surface area contributed by atoms with E-state index in [4.69, 9.17) is 0 Å². The van der Waals surface area contributed by atoms with Gasteiger partial charge in [-0.15, -0.1) is 11.3 Å². The third kappa shape index (κ3) is 3.86. The van der Waals surface area contributed by atoms with E-state index >= 15 is 0 Å². The quantitative estimate of drug-likeness (QED) is 0.782. The SMILES string of the molecule is CCCNCc1sc(S(=O)(=O)N(C)C2CCCC2)cc1C. The third-order valence-corrected chi connectivity index (χ3v) is 7.78. The van der Waals surface area contributed by atoms with Gasteiger partial charge in [0.05, 0.1) is 0 Å². The van der Waals surface area contributed by atoms with E-state index in [9.17, 15) is 8.42 Å². The molecule has 0 atom stereocenters. The number of hydrogen-bond acceptors (Lipinski definition) is 4. The van der Waals surface area contributed by atoms with Gasteiger partial charge in [-0.1, -0.05) is 19.8 Å². The van der Waals surface area contributed by atoms with Crippen molar-refractivity contribution in [2.45, 2.75) is 62.7 Å². The van der Waals surface area contributed by atoms with E-state index in [1.807, 2.05) is 13.0 Å². The van der Waals surface area contributed by atoms with Crippen LogP contribution in [0.25, 0.3) is 0 Å². The van der Waals surface area contributed by atoms with E-state index in [0.717, 1.165) is 55.6 Å². The highest BCUT2D eigenvalue weighted by Gasteiger charge is 2.31. The molecule has 0 saturated heterocycles. The minimum absolute atomic E-state index is 0.180. The summed E-state index contributed by atoms with van der Waals surface area (Å²) < 4.78 is 27.5. The summed E-state index contributed by atoms with van der Waals surface area (Å²) in [7, 11) is -1.60. The molecular formula is C15H26N2O2S2. The molecule has 1 aromatic heterocycles. The van der Waals surface area contributed by atoms with Gasteiger partial charge in [-0.25, -0.2) is 8.42 Å². The minimum atomic E-state index is -3.33. The zero-order valence-corrected chi connectivity index (χ0v) is 14.8. The predicted octanol–water partition coefficient (Wildman–Crippen LogP) is 3.12. The van der Waals surface area contributed by atoms with Crippen LogP contribution < -0.4 is 5.32 Å². The molecule has 21 heavy (non-hydrogen) atoms. The number of hydrogen-bond donors (Lipinski definition) is 1. The molecule has 0 radical (unpaired) electrons. The molecule has 4 nitrogen and oxygen atoms in total. The summed E-state index contributed by atoms with van der Waals surface area (Å²) in [6.45, 7) is 5.84. The minimum Gasteiger partial charge on any atom is -0.312 e. The average Bonchev–Trinajstić information content (AvgIpc) is 3.08. The Hall–Kier alpha value is -0.430. The molecule has 1 N–H and O–H groups in total. The van der Waals surface area contributed by atoms with Crippen LogP contribution >= 0.6 is 11.3 Å². The average molecular weight is 331 g/mol. The lowest BCUT2D eigenvalue weighted by Crippen LogP contribution is -2.34. The molecule has 1 heterocycles. The summed E-state index contributed by atoms with van der Waals surface area (Å²) >= 11 is 1.41. The Bertz CT molecular complexity index is 560. The smallest absolute Gasteiger partial charge is 0.252 e. The second kappa shape index (κ2) is 7.22. The van der Waals surface area contributed by atoms with E-state index in [0.29, 0.717) is 4.21 Å². The summed E-state index contributed by atoms with van der Waals surface area (Å²) in [5.41, 5.74) is 1.07. The molecule has 120 valence electrons. The Kier molecular flexibility index (Phi) is 5.82. The molecule has 0 aromatic carbocycles. The number of nitrogens with zero attached hydrogens (tertiary/aromatic N) is 1. The lowest BCUT2D eigenvalue weighted by atomic mass is 10.3. The topological polar surface area (TPSA) is 49.4 Å². The van der Waals surface area contributed by atoms with E-state index in [-0.39, 0.29) is 6.04 Å². The molecule has 0 unspecified atom stereocenters. The van der Waals surface area contributed by atoms with Gasteiger partial charge in [0, 0.05) is 24.5 Å². The largest absolute Gasteiger partial charge is 0.312 e. The van der Waals surface area contributed by atoms with Crippen LogP contribution in [0.15, 0.2) is 10.3 Å². The van der Waals surface area contributed by atoms with Crippen molar-refractivity contribution in [2.75, 3.05) is 13.6 Å². The molecule has 1 aliphatic carbocycles. The summed E-state index contributed by atoms with van der Waals surface area (Å²) in [6, 6.07) is 2.01. The predicted molar refractivity (Wildman–Crippen MR) is 88.3 cm³/mol. The van der Waals surface area contributed by atoms with Crippen molar-refractivity contribution in [3.63, 3.8) is 0 Å². The highest BCUT2D eigenvalue weighted by molar-refractivity contribution is 7.91. The van der Waals surface area contributed by atoms with Gasteiger partial charge in [0.1, 0.15) is 4.21 Å². The molecule has 0 amide bonds.